The van der Waals surface area contributed by atoms with E-state index in [4.69, 9.17) is 0 Å². The minimum absolute atomic E-state index is 0.0117. The Kier molecular flexibility index (Phi) is 4.95. The molecular weight excluding hydrogens is 350 g/mol. The van der Waals surface area contributed by atoms with Crippen molar-refractivity contribution in [3.05, 3.63) is 66.7 Å². The van der Waals surface area contributed by atoms with E-state index in [1.807, 2.05) is 49.4 Å². The Labute approximate surface area is 152 Å². The summed E-state index contributed by atoms with van der Waals surface area (Å²) in [5.41, 5.74) is 0.691. The van der Waals surface area contributed by atoms with Crippen LogP contribution >= 0.6 is 0 Å². The second kappa shape index (κ2) is 7.17. The zero-order valence-corrected chi connectivity index (χ0v) is 15.1. The van der Waals surface area contributed by atoms with Gasteiger partial charge in [0, 0.05) is 11.9 Å². The van der Waals surface area contributed by atoms with Crippen LogP contribution in [0.3, 0.4) is 0 Å². The third-order valence-electron chi connectivity index (χ3n) is 4.18. The highest BCUT2D eigenvalue weighted by atomic mass is 32.2. The second-order valence-electron chi connectivity index (χ2n) is 5.89. The fraction of sp³-hybridized carbons (Fsp3) is 0.150. The van der Waals surface area contributed by atoms with Crippen LogP contribution in [0.25, 0.3) is 10.8 Å². The van der Waals surface area contributed by atoms with Gasteiger partial charge in [0.25, 0.3) is 0 Å². The van der Waals surface area contributed by atoms with E-state index in [9.17, 15) is 18.3 Å². The Balaban J connectivity index is 1.93. The number of anilines is 1. The molecule has 0 atom stereocenters. The van der Waals surface area contributed by atoms with Gasteiger partial charge in [0.2, 0.25) is 5.91 Å². The molecule has 0 fully saturated rings. The molecule has 0 bridgehead atoms. The molecule has 0 aliphatic rings. The quantitative estimate of drug-likeness (QED) is 0.748. The molecule has 0 aliphatic carbocycles. The minimum Gasteiger partial charge on any atom is -0.508 e. The third kappa shape index (κ3) is 3.55. The van der Waals surface area contributed by atoms with Crippen molar-refractivity contribution in [2.75, 3.05) is 17.2 Å². The summed E-state index contributed by atoms with van der Waals surface area (Å²) in [6, 6.07) is 18.5. The lowest BCUT2D eigenvalue weighted by Gasteiger charge is -2.23. The predicted molar refractivity (Wildman–Crippen MR) is 102 cm³/mol. The molecule has 3 rings (SSSR count). The molecule has 134 valence electrons. The molecule has 0 radical (unpaired) electrons. The number of hydrogen-bond acceptors (Lipinski definition) is 4. The molecule has 3 aromatic carbocycles. The molecule has 6 heteroatoms. The number of hydrogen-bond donors (Lipinski definition) is 1. The number of sulfone groups is 1. The summed E-state index contributed by atoms with van der Waals surface area (Å²) in [5, 5.41) is 11.2. The maximum absolute atomic E-state index is 12.8. The van der Waals surface area contributed by atoms with E-state index in [1.54, 1.807) is 0 Å². The van der Waals surface area contributed by atoms with Gasteiger partial charge >= 0.3 is 0 Å². The molecule has 0 saturated heterocycles. The van der Waals surface area contributed by atoms with E-state index < -0.39 is 21.5 Å². The number of rotatable bonds is 5. The number of nitrogens with zero attached hydrogens (tertiary/aromatic N) is 1. The van der Waals surface area contributed by atoms with Gasteiger partial charge in [0.05, 0.1) is 10.6 Å². The first-order valence-corrected chi connectivity index (χ1v) is 9.87. The van der Waals surface area contributed by atoms with Crippen LogP contribution in [0, 0.1) is 0 Å². The molecular formula is C20H19NO4S. The SMILES string of the molecule is CCN(C(=O)CS(=O)(=O)c1ccc(O)cc1)c1cccc2ccccc12. The zero-order chi connectivity index (χ0) is 18.7. The van der Waals surface area contributed by atoms with Crippen LogP contribution < -0.4 is 4.90 Å². The maximum atomic E-state index is 12.8. The molecule has 26 heavy (non-hydrogen) atoms. The van der Waals surface area contributed by atoms with Crippen molar-refractivity contribution >= 4 is 32.2 Å². The summed E-state index contributed by atoms with van der Waals surface area (Å²) < 4.78 is 25.1. The largest absolute Gasteiger partial charge is 0.508 e. The number of fused-ring (bicyclic) bond motifs is 1. The van der Waals surface area contributed by atoms with E-state index in [0.717, 1.165) is 10.8 Å². The lowest BCUT2D eigenvalue weighted by molar-refractivity contribution is -0.116. The fourth-order valence-corrected chi connectivity index (χ4v) is 4.10. The highest BCUT2D eigenvalue weighted by molar-refractivity contribution is 7.92. The van der Waals surface area contributed by atoms with Gasteiger partial charge < -0.3 is 10.0 Å². The molecule has 1 amide bonds. The van der Waals surface area contributed by atoms with Gasteiger partial charge in [-0.2, -0.15) is 0 Å². The van der Waals surface area contributed by atoms with E-state index in [-0.39, 0.29) is 10.6 Å². The number of aromatic hydroxyl groups is 1. The fourth-order valence-electron chi connectivity index (χ4n) is 2.90. The molecule has 3 aromatic rings. The van der Waals surface area contributed by atoms with Gasteiger partial charge in [-0.25, -0.2) is 8.42 Å². The summed E-state index contributed by atoms with van der Waals surface area (Å²) in [7, 11) is -3.79. The van der Waals surface area contributed by atoms with Crippen molar-refractivity contribution < 1.29 is 18.3 Å². The number of benzene rings is 3. The summed E-state index contributed by atoms with van der Waals surface area (Å²) in [4.78, 5) is 14.3. The number of carbonyl (C=O) groups is 1. The lowest BCUT2D eigenvalue weighted by atomic mass is 10.1. The van der Waals surface area contributed by atoms with Crippen molar-refractivity contribution in [3.8, 4) is 5.75 Å². The van der Waals surface area contributed by atoms with Gasteiger partial charge in [-0.1, -0.05) is 36.4 Å². The van der Waals surface area contributed by atoms with Crippen molar-refractivity contribution in [1.29, 1.82) is 0 Å². The molecule has 0 aromatic heterocycles. The lowest BCUT2D eigenvalue weighted by Crippen LogP contribution is -2.35. The van der Waals surface area contributed by atoms with Gasteiger partial charge in [-0.3, -0.25) is 4.79 Å². The standard InChI is InChI=1S/C20H19NO4S/c1-2-21(19-9-5-7-15-6-3-4-8-18(15)19)20(23)14-26(24,25)17-12-10-16(22)11-13-17/h3-13,22H,2,14H2,1H3. The van der Waals surface area contributed by atoms with E-state index >= 15 is 0 Å². The highest BCUT2D eigenvalue weighted by Crippen LogP contribution is 2.27. The van der Waals surface area contributed by atoms with Crippen LogP contribution in [0.5, 0.6) is 5.75 Å². The average Bonchev–Trinajstić information content (AvgIpc) is 2.62. The van der Waals surface area contributed by atoms with Crippen molar-refractivity contribution in [2.24, 2.45) is 0 Å². The number of amides is 1. The molecule has 0 aliphatic heterocycles. The van der Waals surface area contributed by atoms with Crippen LogP contribution in [0.1, 0.15) is 6.92 Å². The summed E-state index contributed by atoms with van der Waals surface area (Å²) >= 11 is 0. The monoisotopic (exact) mass is 369 g/mol. The Morgan fingerprint density at radius 1 is 0.962 bits per heavy atom. The van der Waals surface area contributed by atoms with Gasteiger partial charge in [-0.15, -0.1) is 0 Å². The van der Waals surface area contributed by atoms with E-state index in [1.165, 1.54) is 29.2 Å². The summed E-state index contributed by atoms with van der Waals surface area (Å²) in [5.74, 6) is -1.15. The third-order valence-corrected chi connectivity index (χ3v) is 5.80. The van der Waals surface area contributed by atoms with Gasteiger partial charge in [0.1, 0.15) is 11.5 Å². The maximum Gasteiger partial charge on any atom is 0.242 e. The first kappa shape index (κ1) is 17.9. The second-order valence-corrected chi connectivity index (χ2v) is 7.88. The summed E-state index contributed by atoms with van der Waals surface area (Å²) in [6.45, 7) is 2.17. The smallest absolute Gasteiger partial charge is 0.242 e. The number of phenolic OH excluding ortho intramolecular Hbond substituents is 1. The van der Waals surface area contributed by atoms with Gasteiger partial charge in [0.15, 0.2) is 9.84 Å². The Morgan fingerprint density at radius 3 is 2.31 bits per heavy atom. The van der Waals surface area contributed by atoms with Crippen LogP contribution in [0.15, 0.2) is 71.6 Å². The van der Waals surface area contributed by atoms with Crippen molar-refractivity contribution in [3.63, 3.8) is 0 Å². The van der Waals surface area contributed by atoms with Crippen molar-refractivity contribution in [1.82, 2.24) is 0 Å². The predicted octanol–water partition coefficient (Wildman–Crippen LogP) is 3.37. The average molecular weight is 369 g/mol. The normalized spacial score (nSPS) is 11.4. The zero-order valence-electron chi connectivity index (χ0n) is 14.3. The Hall–Kier alpha value is -2.86. The topological polar surface area (TPSA) is 74.7 Å². The molecule has 0 unspecified atom stereocenters. The van der Waals surface area contributed by atoms with E-state index in [0.29, 0.717) is 12.2 Å². The number of carbonyl (C=O) groups excluding carboxylic acids is 1. The van der Waals surface area contributed by atoms with Crippen molar-refractivity contribution in [2.45, 2.75) is 11.8 Å². The van der Waals surface area contributed by atoms with Gasteiger partial charge in [-0.05, 0) is 42.6 Å². The first-order chi connectivity index (χ1) is 12.4. The molecule has 0 saturated carbocycles. The van der Waals surface area contributed by atoms with Crippen LogP contribution in [-0.4, -0.2) is 31.7 Å². The summed E-state index contributed by atoms with van der Waals surface area (Å²) in [6.07, 6.45) is 0. The number of phenols is 1. The molecule has 1 N–H and O–H groups in total. The molecule has 5 nitrogen and oxygen atoms in total. The van der Waals surface area contributed by atoms with Crippen LogP contribution in [0.4, 0.5) is 5.69 Å². The van der Waals surface area contributed by atoms with Crippen LogP contribution in [-0.2, 0) is 14.6 Å². The first-order valence-electron chi connectivity index (χ1n) is 8.22. The highest BCUT2D eigenvalue weighted by Gasteiger charge is 2.24. The van der Waals surface area contributed by atoms with Crippen LogP contribution in [0.2, 0.25) is 0 Å². The Bertz CT molecular complexity index is 1040. The molecule has 0 spiro atoms. The molecule has 0 heterocycles. The Morgan fingerprint density at radius 2 is 1.62 bits per heavy atom. The minimum atomic E-state index is -3.79. The van der Waals surface area contributed by atoms with E-state index in [2.05, 4.69) is 0 Å².